The first-order chi connectivity index (χ1) is 7.79. The molecule has 16 heavy (non-hydrogen) atoms. The van der Waals surface area contributed by atoms with Crippen LogP contribution < -0.4 is 0 Å². The summed E-state index contributed by atoms with van der Waals surface area (Å²) in [6.07, 6.45) is 5.16. The number of thiophene rings is 1. The normalized spacial score (nSPS) is 16.7. The first kappa shape index (κ1) is 12.7. The average Bonchev–Trinajstić information content (AvgIpc) is 2.58. The van der Waals surface area contributed by atoms with E-state index in [1.165, 1.54) is 24.1 Å². The van der Waals surface area contributed by atoms with Gasteiger partial charge in [0, 0.05) is 23.3 Å². The molecule has 2 rings (SSSR count). The Labute approximate surface area is 111 Å². The molecule has 0 bridgehead atoms. The summed E-state index contributed by atoms with van der Waals surface area (Å²) < 4.78 is 0.890. The van der Waals surface area contributed by atoms with Gasteiger partial charge in [0.2, 0.25) is 0 Å². The second kappa shape index (κ2) is 6.25. The molecule has 0 amide bonds. The summed E-state index contributed by atoms with van der Waals surface area (Å²) in [4.78, 5) is 3.93. The van der Waals surface area contributed by atoms with Crippen molar-refractivity contribution in [2.45, 2.75) is 38.3 Å². The molecule has 1 aliphatic rings. The number of halogens is 2. The van der Waals surface area contributed by atoms with Crippen molar-refractivity contribution >= 4 is 34.5 Å². The van der Waals surface area contributed by atoms with Crippen molar-refractivity contribution in [3.8, 4) is 0 Å². The van der Waals surface area contributed by atoms with Crippen molar-refractivity contribution in [1.29, 1.82) is 0 Å². The second-order valence-electron chi connectivity index (χ2n) is 4.30. The van der Waals surface area contributed by atoms with Gasteiger partial charge in [0.1, 0.15) is 0 Å². The zero-order valence-electron chi connectivity index (χ0n) is 9.29. The van der Waals surface area contributed by atoms with Gasteiger partial charge in [-0.05, 0) is 37.9 Å². The molecule has 4 heteroatoms. The van der Waals surface area contributed by atoms with Crippen molar-refractivity contribution in [2.24, 2.45) is 0 Å². The lowest BCUT2D eigenvalue weighted by molar-refractivity contribution is 0.121. The summed E-state index contributed by atoms with van der Waals surface area (Å²) in [5.41, 5.74) is 0. The molecule has 1 heterocycles. The topological polar surface area (TPSA) is 3.24 Å². The third-order valence-corrected chi connectivity index (χ3v) is 4.64. The minimum absolute atomic E-state index is 0.758. The molecule has 90 valence electrons. The Morgan fingerprint density at radius 3 is 2.69 bits per heavy atom. The molecule has 0 N–H and O–H groups in total. The van der Waals surface area contributed by atoms with Gasteiger partial charge >= 0.3 is 0 Å². The minimum Gasteiger partial charge on any atom is -0.295 e. The molecule has 0 aliphatic heterocycles. The highest BCUT2D eigenvalue weighted by Crippen LogP contribution is 2.29. The summed E-state index contributed by atoms with van der Waals surface area (Å²) in [5, 5.41) is 0. The lowest BCUT2D eigenvalue weighted by Crippen LogP contribution is -2.40. The second-order valence-corrected chi connectivity index (χ2v) is 6.48. The highest BCUT2D eigenvalue weighted by molar-refractivity contribution is 7.16. The largest absolute Gasteiger partial charge is 0.295 e. The maximum absolute atomic E-state index is 5.95. The third kappa shape index (κ3) is 3.36. The highest BCUT2D eigenvalue weighted by atomic mass is 35.5. The number of hydrogen-bond acceptors (Lipinski definition) is 2. The Morgan fingerprint density at radius 1 is 1.38 bits per heavy atom. The van der Waals surface area contributed by atoms with Crippen LogP contribution in [0.3, 0.4) is 0 Å². The quantitative estimate of drug-likeness (QED) is 0.698. The third-order valence-electron chi connectivity index (χ3n) is 3.16. The number of alkyl halides is 1. The molecule has 0 unspecified atom stereocenters. The minimum atomic E-state index is 0.758. The summed E-state index contributed by atoms with van der Waals surface area (Å²) in [6, 6.07) is 4.91. The van der Waals surface area contributed by atoms with Gasteiger partial charge in [-0.1, -0.05) is 18.0 Å². The van der Waals surface area contributed by atoms with E-state index in [-0.39, 0.29) is 0 Å². The number of hydrogen-bond donors (Lipinski definition) is 0. The van der Waals surface area contributed by atoms with Gasteiger partial charge in [-0.15, -0.1) is 22.9 Å². The zero-order valence-corrected chi connectivity index (χ0v) is 11.6. The van der Waals surface area contributed by atoms with Gasteiger partial charge in [-0.2, -0.15) is 0 Å². The molecule has 0 saturated heterocycles. The van der Waals surface area contributed by atoms with Gasteiger partial charge in [0.15, 0.2) is 0 Å². The summed E-state index contributed by atoms with van der Waals surface area (Å²) in [7, 11) is 0. The van der Waals surface area contributed by atoms with E-state index in [0.717, 1.165) is 35.8 Å². The van der Waals surface area contributed by atoms with Crippen molar-refractivity contribution in [3.05, 3.63) is 21.3 Å². The summed E-state index contributed by atoms with van der Waals surface area (Å²) >= 11 is 13.4. The predicted octanol–water partition coefficient (Wildman–Crippen LogP) is 4.38. The molecule has 1 nitrogen and oxygen atoms in total. The Kier molecular flexibility index (Phi) is 4.96. The van der Waals surface area contributed by atoms with E-state index in [1.807, 2.05) is 6.07 Å². The van der Waals surface area contributed by atoms with Crippen LogP contribution in [-0.4, -0.2) is 23.4 Å². The van der Waals surface area contributed by atoms with E-state index in [1.54, 1.807) is 11.3 Å². The van der Waals surface area contributed by atoms with Crippen molar-refractivity contribution < 1.29 is 0 Å². The van der Waals surface area contributed by atoms with Gasteiger partial charge in [-0.3, -0.25) is 4.90 Å². The lowest BCUT2D eigenvalue weighted by atomic mass is 9.91. The van der Waals surface area contributed by atoms with E-state index in [9.17, 15) is 0 Å². The number of rotatable bonds is 6. The fourth-order valence-corrected chi connectivity index (χ4v) is 3.28. The van der Waals surface area contributed by atoms with Crippen molar-refractivity contribution in [2.75, 3.05) is 12.4 Å². The van der Waals surface area contributed by atoms with E-state index in [2.05, 4.69) is 11.0 Å². The van der Waals surface area contributed by atoms with Crippen LogP contribution in [0.1, 0.15) is 30.6 Å². The molecule has 0 aromatic carbocycles. The molecule has 0 atom stereocenters. The maximum atomic E-state index is 5.95. The Hall–Kier alpha value is 0.240. The maximum Gasteiger partial charge on any atom is 0.0931 e. The summed E-state index contributed by atoms with van der Waals surface area (Å²) in [6.45, 7) is 2.16. The average molecular weight is 278 g/mol. The van der Waals surface area contributed by atoms with Crippen LogP contribution in [0.25, 0.3) is 0 Å². The molecule has 1 saturated carbocycles. The van der Waals surface area contributed by atoms with Gasteiger partial charge in [0.25, 0.3) is 0 Å². The standard InChI is InChI=1S/C12H17Cl2NS/c13-7-2-8-15(10-3-1-4-10)9-11-5-6-12(14)16-11/h5-6,10H,1-4,7-9H2. The van der Waals surface area contributed by atoms with Gasteiger partial charge < -0.3 is 0 Å². The van der Waals surface area contributed by atoms with Crippen molar-refractivity contribution in [1.82, 2.24) is 4.90 Å². The van der Waals surface area contributed by atoms with Crippen LogP contribution >= 0.6 is 34.5 Å². The summed E-state index contributed by atoms with van der Waals surface area (Å²) in [5.74, 6) is 0.758. The van der Waals surface area contributed by atoms with Crippen LogP contribution in [0, 0.1) is 0 Å². The Bertz CT molecular complexity index is 323. The van der Waals surface area contributed by atoms with E-state index >= 15 is 0 Å². The zero-order chi connectivity index (χ0) is 11.4. The molecule has 1 fully saturated rings. The van der Waals surface area contributed by atoms with Gasteiger partial charge in [-0.25, -0.2) is 0 Å². The fourth-order valence-electron chi connectivity index (χ4n) is 2.04. The van der Waals surface area contributed by atoms with Crippen LogP contribution in [0.4, 0.5) is 0 Å². The number of nitrogens with zero attached hydrogens (tertiary/aromatic N) is 1. The highest BCUT2D eigenvalue weighted by Gasteiger charge is 2.24. The molecular formula is C12H17Cl2NS. The van der Waals surface area contributed by atoms with Crippen LogP contribution in [-0.2, 0) is 6.54 Å². The Morgan fingerprint density at radius 2 is 2.19 bits per heavy atom. The lowest BCUT2D eigenvalue weighted by Gasteiger charge is -2.37. The first-order valence-corrected chi connectivity index (χ1v) is 7.56. The smallest absolute Gasteiger partial charge is 0.0931 e. The van der Waals surface area contributed by atoms with E-state index < -0.39 is 0 Å². The molecule has 1 aromatic rings. The fraction of sp³-hybridized carbons (Fsp3) is 0.667. The SMILES string of the molecule is ClCCCN(Cc1ccc(Cl)s1)C1CCC1. The van der Waals surface area contributed by atoms with Crippen LogP contribution in [0.5, 0.6) is 0 Å². The van der Waals surface area contributed by atoms with Gasteiger partial charge in [0.05, 0.1) is 4.34 Å². The molecule has 1 aromatic heterocycles. The van der Waals surface area contributed by atoms with E-state index in [4.69, 9.17) is 23.2 Å². The molecule has 0 spiro atoms. The first-order valence-electron chi connectivity index (χ1n) is 5.84. The van der Waals surface area contributed by atoms with Crippen LogP contribution in [0.15, 0.2) is 12.1 Å². The van der Waals surface area contributed by atoms with Crippen LogP contribution in [0.2, 0.25) is 4.34 Å². The molecular weight excluding hydrogens is 261 g/mol. The van der Waals surface area contributed by atoms with E-state index in [0.29, 0.717) is 0 Å². The Balaban J connectivity index is 1.90. The molecule has 0 radical (unpaired) electrons. The predicted molar refractivity (Wildman–Crippen MR) is 72.7 cm³/mol. The molecule has 1 aliphatic carbocycles. The van der Waals surface area contributed by atoms with Crippen molar-refractivity contribution in [3.63, 3.8) is 0 Å². The monoisotopic (exact) mass is 277 g/mol.